The Morgan fingerprint density at radius 1 is 1.44 bits per heavy atom. The third-order valence-corrected chi connectivity index (χ3v) is 3.37. The Labute approximate surface area is 98.3 Å². The Morgan fingerprint density at radius 3 is 2.50 bits per heavy atom. The van der Waals surface area contributed by atoms with Crippen LogP contribution in [0.5, 0.6) is 0 Å². The number of carbonyl (C=O) groups excluding carboxylic acids is 1. The molecule has 4 nitrogen and oxygen atoms in total. The minimum absolute atomic E-state index is 0.194. The molecule has 1 aliphatic rings. The third kappa shape index (κ3) is 3.76. The van der Waals surface area contributed by atoms with Crippen LogP contribution < -0.4 is 5.32 Å². The van der Waals surface area contributed by atoms with Crippen LogP contribution in [0.2, 0.25) is 0 Å². The van der Waals surface area contributed by atoms with Gasteiger partial charge < -0.3 is 15.0 Å². The van der Waals surface area contributed by atoms with Gasteiger partial charge in [-0.3, -0.25) is 4.79 Å². The zero-order valence-corrected chi connectivity index (χ0v) is 10.9. The lowest BCUT2D eigenvalue weighted by molar-refractivity contribution is -0.147. The van der Waals surface area contributed by atoms with Crippen LogP contribution in [0.25, 0.3) is 0 Å². The smallest absolute Gasteiger partial charge is 0.325 e. The van der Waals surface area contributed by atoms with Crippen molar-refractivity contribution in [3.8, 4) is 0 Å². The minimum atomic E-state index is -0.571. The van der Waals surface area contributed by atoms with Crippen LogP contribution in [-0.2, 0) is 9.53 Å². The lowest BCUT2D eigenvalue weighted by Crippen LogP contribution is -2.50. The number of rotatable bonds is 4. The van der Waals surface area contributed by atoms with Gasteiger partial charge in [0.2, 0.25) is 0 Å². The molecule has 1 aliphatic heterocycles. The number of hydrogen-bond donors (Lipinski definition) is 1. The van der Waals surface area contributed by atoms with Crippen LogP contribution in [0.4, 0.5) is 0 Å². The summed E-state index contributed by atoms with van der Waals surface area (Å²) in [7, 11) is 3.59. The molecule has 16 heavy (non-hydrogen) atoms. The van der Waals surface area contributed by atoms with Gasteiger partial charge in [0, 0.05) is 0 Å². The second kappa shape index (κ2) is 5.64. The normalized spacial score (nSPS) is 19.8. The number of hydrogen-bond acceptors (Lipinski definition) is 4. The van der Waals surface area contributed by atoms with E-state index in [4.69, 9.17) is 4.74 Å². The van der Waals surface area contributed by atoms with E-state index in [0.717, 1.165) is 19.6 Å². The van der Waals surface area contributed by atoms with Gasteiger partial charge in [-0.15, -0.1) is 0 Å². The molecule has 4 heteroatoms. The summed E-state index contributed by atoms with van der Waals surface area (Å²) >= 11 is 0. The summed E-state index contributed by atoms with van der Waals surface area (Å²) in [5, 5.41) is 3.30. The van der Waals surface area contributed by atoms with E-state index in [1.165, 1.54) is 20.0 Å². The highest BCUT2D eigenvalue weighted by atomic mass is 16.5. The van der Waals surface area contributed by atoms with E-state index in [0.29, 0.717) is 5.92 Å². The van der Waals surface area contributed by atoms with Gasteiger partial charge in [0.1, 0.15) is 5.54 Å². The molecule has 0 unspecified atom stereocenters. The molecule has 0 atom stereocenters. The van der Waals surface area contributed by atoms with Crippen LogP contribution in [0.1, 0.15) is 26.7 Å². The maximum atomic E-state index is 11.5. The predicted octanol–water partition coefficient (Wildman–Crippen LogP) is 0.869. The van der Waals surface area contributed by atoms with Crippen LogP contribution in [-0.4, -0.2) is 50.2 Å². The fourth-order valence-corrected chi connectivity index (χ4v) is 1.99. The summed E-state index contributed by atoms with van der Waals surface area (Å²) in [6.07, 6.45) is 2.42. The van der Waals surface area contributed by atoms with Gasteiger partial charge in [0.15, 0.2) is 0 Å². The number of nitrogens with zero attached hydrogens (tertiary/aromatic N) is 1. The summed E-state index contributed by atoms with van der Waals surface area (Å²) in [6, 6.07) is 0. The quantitative estimate of drug-likeness (QED) is 0.725. The number of nitrogens with one attached hydrogen (secondary N) is 1. The first-order valence-electron chi connectivity index (χ1n) is 5.97. The fraction of sp³-hybridized carbons (Fsp3) is 0.917. The van der Waals surface area contributed by atoms with Gasteiger partial charge in [0.05, 0.1) is 7.11 Å². The first kappa shape index (κ1) is 13.5. The Bertz CT molecular complexity index is 233. The highest BCUT2D eigenvalue weighted by molar-refractivity contribution is 5.79. The van der Waals surface area contributed by atoms with E-state index in [9.17, 15) is 4.79 Å². The molecule has 1 rings (SSSR count). The van der Waals surface area contributed by atoms with Gasteiger partial charge in [-0.2, -0.15) is 0 Å². The first-order valence-corrected chi connectivity index (χ1v) is 5.97. The van der Waals surface area contributed by atoms with Crippen LogP contribution in [0, 0.1) is 5.92 Å². The third-order valence-electron chi connectivity index (χ3n) is 3.37. The van der Waals surface area contributed by atoms with E-state index in [1.54, 1.807) is 0 Å². The Hall–Kier alpha value is -0.610. The predicted molar refractivity (Wildman–Crippen MR) is 64.3 cm³/mol. The van der Waals surface area contributed by atoms with Crippen molar-refractivity contribution >= 4 is 5.97 Å². The highest BCUT2D eigenvalue weighted by Crippen LogP contribution is 2.16. The molecule has 1 N–H and O–H groups in total. The van der Waals surface area contributed by atoms with E-state index >= 15 is 0 Å². The standard InChI is InChI=1S/C12H24N2O2/c1-12(2,11(15)16-4)13-9-10-5-7-14(3)8-6-10/h10,13H,5-9H2,1-4H3. The van der Waals surface area contributed by atoms with E-state index < -0.39 is 5.54 Å². The van der Waals surface area contributed by atoms with Gasteiger partial charge in [-0.25, -0.2) is 0 Å². The van der Waals surface area contributed by atoms with Crippen molar-refractivity contribution in [1.29, 1.82) is 0 Å². The largest absolute Gasteiger partial charge is 0.468 e. The molecule has 0 aliphatic carbocycles. The molecule has 0 aromatic rings. The summed E-state index contributed by atoms with van der Waals surface area (Å²) in [4.78, 5) is 13.8. The van der Waals surface area contributed by atoms with Crippen molar-refractivity contribution < 1.29 is 9.53 Å². The molecule has 0 spiro atoms. The molecule has 0 radical (unpaired) electrons. The summed E-state index contributed by atoms with van der Waals surface area (Å²) < 4.78 is 4.76. The number of ether oxygens (including phenoxy) is 1. The van der Waals surface area contributed by atoms with Crippen LogP contribution in [0.15, 0.2) is 0 Å². The molecule has 1 saturated heterocycles. The van der Waals surface area contributed by atoms with E-state index in [1.807, 2.05) is 13.8 Å². The van der Waals surface area contributed by atoms with Gasteiger partial charge in [-0.05, 0) is 59.3 Å². The summed E-state index contributed by atoms with van der Waals surface area (Å²) in [5.74, 6) is 0.487. The maximum absolute atomic E-state index is 11.5. The Kier molecular flexibility index (Phi) is 4.74. The molecule has 0 aromatic heterocycles. The molecule has 0 saturated carbocycles. The maximum Gasteiger partial charge on any atom is 0.325 e. The monoisotopic (exact) mass is 228 g/mol. The van der Waals surface area contributed by atoms with Gasteiger partial charge in [-0.1, -0.05) is 0 Å². The molecular formula is C12H24N2O2. The molecular weight excluding hydrogens is 204 g/mol. The molecule has 0 aromatic carbocycles. The van der Waals surface area contributed by atoms with Gasteiger partial charge in [0.25, 0.3) is 0 Å². The van der Waals surface area contributed by atoms with Crippen molar-refractivity contribution in [2.45, 2.75) is 32.2 Å². The number of carbonyl (C=O) groups is 1. The van der Waals surface area contributed by atoms with Crippen molar-refractivity contribution in [2.24, 2.45) is 5.92 Å². The number of esters is 1. The highest BCUT2D eigenvalue weighted by Gasteiger charge is 2.29. The van der Waals surface area contributed by atoms with Crippen LogP contribution in [0.3, 0.4) is 0 Å². The molecule has 1 fully saturated rings. The summed E-state index contributed by atoms with van der Waals surface area (Å²) in [6.45, 7) is 6.95. The van der Waals surface area contributed by atoms with E-state index in [2.05, 4.69) is 17.3 Å². The molecule has 0 bridgehead atoms. The van der Waals surface area contributed by atoms with Crippen molar-refractivity contribution in [3.63, 3.8) is 0 Å². The number of piperidine rings is 1. The Balaban J connectivity index is 2.31. The van der Waals surface area contributed by atoms with Crippen LogP contribution >= 0.6 is 0 Å². The lowest BCUT2D eigenvalue weighted by atomic mass is 9.95. The average molecular weight is 228 g/mol. The number of likely N-dealkylation sites (tertiary alicyclic amines) is 1. The van der Waals surface area contributed by atoms with Crippen molar-refractivity contribution in [2.75, 3.05) is 33.8 Å². The molecule has 94 valence electrons. The number of methoxy groups -OCH3 is 1. The first-order chi connectivity index (χ1) is 7.45. The molecule has 1 heterocycles. The fourth-order valence-electron chi connectivity index (χ4n) is 1.99. The topological polar surface area (TPSA) is 41.6 Å². The minimum Gasteiger partial charge on any atom is -0.468 e. The van der Waals surface area contributed by atoms with Crippen molar-refractivity contribution in [1.82, 2.24) is 10.2 Å². The summed E-state index contributed by atoms with van der Waals surface area (Å²) in [5.41, 5.74) is -0.571. The SMILES string of the molecule is COC(=O)C(C)(C)NCC1CCN(C)CC1. The second-order valence-electron chi connectivity index (χ2n) is 5.24. The zero-order valence-electron chi connectivity index (χ0n) is 10.9. The van der Waals surface area contributed by atoms with Crippen molar-refractivity contribution in [3.05, 3.63) is 0 Å². The lowest BCUT2D eigenvalue weighted by Gasteiger charge is -2.31. The Morgan fingerprint density at radius 2 is 2.00 bits per heavy atom. The average Bonchev–Trinajstić information content (AvgIpc) is 2.27. The molecule has 0 amide bonds. The second-order valence-corrected chi connectivity index (χ2v) is 5.24. The van der Waals surface area contributed by atoms with E-state index in [-0.39, 0.29) is 5.97 Å². The zero-order chi connectivity index (χ0) is 12.2. The van der Waals surface area contributed by atoms with Gasteiger partial charge >= 0.3 is 5.97 Å².